The van der Waals surface area contributed by atoms with Crippen LogP contribution < -0.4 is 27.4 Å². The summed E-state index contributed by atoms with van der Waals surface area (Å²) in [5.74, 6) is -5.43. The largest absolute Gasteiger partial charge is 0.481 e. The summed E-state index contributed by atoms with van der Waals surface area (Å²) >= 11 is 0. The van der Waals surface area contributed by atoms with Gasteiger partial charge in [-0.1, -0.05) is 20.3 Å². The van der Waals surface area contributed by atoms with Gasteiger partial charge in [0, 0.05) is 6.42 Å². The summed E-state index contributed by atoms with van der Waals surface area (Å²) in [7, 11) is 0. The highest BCUT2D eigenvalue weighted by Crippen LogP contribution is 2.07. The second-order valence-corrected chi connectivity index (χ2v) is 7.70. The topological polar surface area (TPSA) is 234 Å². The van der Waals surface area contributed by atoms with Gasteiger partial charge in [0.1, 0.15) is 18.1 Å². The number of nitrogens with one attached hydrogen (secondary N) is 3. The molecule has 0 spiro atoms. The fourth-order valence-electron chi connectivity index (χ4n) is 2.69. The smallest absolute Gasteiger partial charge is 0.328 e. The monoisotopic (exact) mass is 461 g/mol. The predicted octanol–water partition coefficient (Wildman–Crippen LogP) is -2.51. The zero-order valence-corrected chi connectivity index (χ0v) is 18.4. The quantitative estimate of drug-likeness (QED) is 0.112. The average molecular weight is 462 g/mol. The number of rotatable bonds is 16. The highest BCUT2D eigenvalue weighted by Gasteiger charge is 2.31. The normalized spacial score (nSPS) is 14.7. The van der Waals surface area contributed by atoms with Gasteiger partial charge in [0.25, 0.3) is 0 Å². The summed E-state index contributed by atoms with van der Waals surface area (Å²) < 4.78 is 0. The highest BCUT2D eigenvalue weighted by atomic mass is 16.4. The molecule has 13 nitrogen and oxygen atoms in total. The second kappa shape index (κ2) is 15.1. The molecule has 0 saturated carbocycles. The van der Waals surface area contributed by atoms with Crippen LogP contribution in [0.2, 0.25) is 0 Å². The average Bonchev–Trinajstić information content (AvgIpc) is 2.71. The number of aliphatic carboxylic acids is 2. The molecule has 0 radical (unpaired) electrons. The number of amides is 3. The van der Waals surface area contributed by atoms with Crippen molar-refractivity contribution in [2.75, 3.05) is 13.2 Å². The molecular formula is C19H35N5O8. The Balaban J connectivity index is 5.31. The van der Waals surface area contributed by atoms with E-state index in [4.69, 9.17) is 26.8 Å². The highest BCUT2D eigenvalue weighted by molar-refractivity contribution is 5.94. The lowest BCUT2D eigenvalue weighted by molar-refractivity contribution is -0.144. The molecule has 0 aliphatic carbocycles. The summed E-state index contributed by atoms with van der Waals surface area (Å²) in [5, 5.41) is 33.9. The van der Waals surface area contributed by atoms with Gasteiger partial charge in [0.2, 0.25) is 17.7 Å². The minimum atomic E-state index is -1.63. The lowest BCUT2D eigenvalue weighted by atomic mass is 10.0. The fourth-order valence-corrected chi connectivity index (χ4v) is 2.69. The van der Waals surface area contributed by atoms with E-state index in [2.05, 4.69) is 10.6 Å². The number of unbranched alkanes of at least 4 members (excludes halogenated alkanes) is 1. The molecule has 0 aromatic rings. The van der Waals surface area contributed by atoms with E-state index in [1.165, 1.54) is 0 Å². The van der Waals surface area contributed by atoms with Crippen LogP contribution in [-0.4, -0.2) is 82.3 Å². The van der Waals surface area contributed by atoms with Crippen molar-refractivity contribution in [3.63, 3.8) is 0 Å². The number of carboxylic acid groups (broad SMARTS) is 2. The van der Waals surface area contributed by atoms with Crippen molar-refractivity contribution in [1.82, 2.24) is 16.0 Å². The molecule has 0 bridgehead atoms. The van der Waals surface area contributed by atoms with Crippen LogP contribution in [0.3, 0.4) is 0 Å². The molecule has 13 heteroatoms. The van der Waals surface area contributed by atoms with Gasteiger partial charge >= 0.3 is 11.9 Å². The fraction of sp³-hybridized carbons (Fsp3) is 0.737. The van der Waals surface area contributed by atoms with Crippen LogP contribution in [0.25, 0.3) is 0 Å². The van der Waals surface area contributed by atoms with Crippen molar-refractivity contribution in [3.05, 3.63) is 0 Å². The Labute approximate surface area is 186 Å². The van der Waals surface area contributed by atoms with Gasteiger partial charge in [-0.05, 0) is 31.7 Å². The van der Waals surface area contributed by atoms with Gasteiger partial charge in [-0.2, -0.15) is 0 Å². The van der Waals surface area contributed by atoms with Crippen LogP contribution in [0.5, 0.6) is 0 Å². The van der Waals surface area contributed by atoms with Gasteiger partial charge < -0.3 is 42.7 Å². The van der Waals surface area contributed by atoms with Crippen LogP contribution in [-0.2, 0) is 24.0 Å². The molecule has 10 N–H and O–H groups in total. The molecule has 3 amide bonds. The number of nitrogens with two attached hydrogens (primary N) is 2. The molecule has 0 saturated heterocycles. The Hall–Kier alpha value is -2.77. The van der Waals surface area contributed by atoms with E-state index < -0.39 is 72.8 Å². The maximum absolute atomic E-state index is 12.8. The molecule has 4 unspecified atom stereocenters. The summed E-state index contributed by atoms with van der Waals surface area (Å²) in [4.78, 5) is 59.5. The Morgan fingerprint density at radius 2 is 1.44 bits per heavy atom. The zero-order valence-electron chi connectivity index (χ0n) is 18.4. The third kappa shape index (κ3) is 11.0. The number of hydrogen-bond acceptors (Lipinski definition) is 8. The summed E-state index contributed by atoms with van der Waals surface area (Å²) in [6, 6.07) is -4.96. The molecular weight excluding hydrogens is 426 g/mol. The van der Waals surface area contributed by atoms with Crippen LogP contribution in [0.1, 0.15) is 46.0 Å². The Kier molecular flexibility index (Phi) is 13.8. The summed E-state index contributed by atoms with van der Waals surface area (Å²) in [5.41, 5.74) is 11.3. The summed E-state index contributed by atoms with van der Waals surface area (Å²) in [6.45, 7) is 2.88. The van der Waals surface area contributed by atoms with Gasteiger partial charge in [0.15, 0.2) is 0 Å². The first-order chi connectivity index (χ1) is 14.9. The van der Waals surface area contributed by atoms with Crippen LogP contribution in [0, 0.1) is 5.92 Å². The Morgan fingerprint density at radius 3 is 1.91 bits per heavy atom. The van der Waals surface area contributed by atoms with E-state index >= 15 is 0 Å². The predicted molar refractivity (Wildman–Crippen MR) is 113 cm³/mol. The first kappa shape index (κ1) is 29.2. The van der Waals surface area contributed by atoms with Crippen LogP contribution in [0.4, 0.5) is 0 Å². The number of carbonyl (C=O) groups is 5. The third-order valence-electron chi connectivity index (χ3n) is 4.63. The maximum Gasteiger partial charge on any atom is 0.328 e. The molecule has 0 fully saturated rings. The lowest BCUT2D eigenvalue weighted by Crippen LogP contribution is -2.58. The van der Waals surface area contributed by atoms with Gasteiger partial charge in [0.05, 0.1) is 12.6 Å². The molecule has 0 rings (SSSR count). The zero-order chi connectivity index (χ0) is 24.8. The minimum Gasteiger partial charge on any atom is -0.481 e. The van der Waals surface area contributed by atoms with Crippen molar-refractivity contribution in [2.45, 2.75) is 70.1 Å². The van der Waals surface area contributed by atoms with Crippen molar-refractivity contribution in [2.24, 2.45) is 17.4 Å². The van der Waals surface area contributed by atoms with E-state index in [-0.39, 0.29) is 6.42 Å². The van der Waals surface area contributed by atoms with Crippen molar-refractivity contribution >= 4 is 29.7 Å². The molecule has 4 atom stereocenters. The van der Waals surface area contributed by atoms with E-state index in [0.29, 0.717) is 25.8 Å². The van der Waals surface area contributed by atoms with E-state index in [9.17, 15) is 24.0 Å². The van der Waals surface area contributed by atoms with Gasteiger partial charge in [-0.25, -0.2) is 4.79 Å². The van der Waals surface area contributed by atoms with Crippen molar-refractivity contribution in [3.8, 4) is 0 Å². The lowest BCUT2D eigenvalue weighted by Gasteiger charge is -2.26. The first-order valence-electron chi connectivity index (χ1n) is 10.4. The SMILES string of the molecule is CC(C)C(NC(=O)C(N)CCCCN)C(=O)NC(CCC(=O)O)C(=O)NC(CO)C(=O)O. The van der Waals surface area contributed by atoms with Crippen LogP contribution in [0.15, 0.2) is 0 Å². The minimum absolute atomic E-state index is 0.331. The third-order valence-corrected chi connectivity index (χ3v) is 4.63. The second-order valence-electron chi connectivity index (χ2n) is 7.70. The Bertz CT molecular complexity index is 658. The number of carbonyl (C=O) groups excluding carboxylic acids is 3. The first-order valence-corrected chi connectivity index (χ1v) is 10.4. The molecule has 184 valence electrons. The molecule has 0 aromatic carbocycles. The molecule has 0 aliphatic heterocycles. The van der Waals surface area contributed by atoms with Crippen molar-refractivity contribution < 1.29 is 39.3 Å². The molecule has 0 heterocycles. The van der Waals surface area contributed by atoms with Gasteiger partial charge in [-0.15, -0.1) is 0 Å². The Morgan fingerprint density at radius 1 is 0.844 bits per heavy atom. The van der Waals surface area contributed by atoms with E-state index in [1.807, 2.05) is 5.32 Å². The number of aliphatic hydroxyl groups excluding tert-OH is 1. The van der Waals surface area contributed by atoms with Crippen molar-refractivity contribution in [1.29, 1.82) is 0 Å². The molecule has 0 aromatic heterocycles. The maximum atomic E-state index is 12.8. The van der Waals surface area contributed by atoms with E-state index in [0.717, 1.165) is 0 Å². The summed E-state index contributed by atoms with van der Waals surface area (Å²) in [6.07, 6.45) is 0.885. The molecule has 32 heavy (non-hydrogen) atoms. The van der Waals surface area contributed by atoms with Gasteiger partial charge in [-0.3, -0.25) is 19.2 Å². The number of hydrogen-bond donors (Lipinski definition) is 8. The molecule has 0 aliphatic rings. The standard InChI is InChI=1S/C19H35N5O8/c1-10(2)15(24-16(28)11(21)5-3-4-8-20)18(30)22-12(6-7-14(26)27)17(29)23-13(9-25)19(31)32/h10-13,15,25H,3-9,20-21H2,1-2H3,(H,22,30)(H,23,29)(H,24,28)(H,26,27)(H,31,32). The number of carboxylic acids is 2. The van der Waals surface area contributed by atoms with Crippen LogP contribution >= 0.6 is 0 Å². The number of aliphatic hydroxyl groups is 1. The van der Waals surface area contributed by atoms with E-state index in [1.54, 1.807) is 13.8 Å².